The van der Waals surface area contributed by atoms with E-state index >= 15 is 0 Å². The maximum absolute atomic E-state index is 10.8. The van der Waals surface area contributed by atoms with E-state index < -0.39 is 5.85 Å². The van der Waals surface area contributed by atoms with Crippen LogP contribution in [0.25, 0.3) is 0 Å². The number of thiophene rings is 1. The number of aliphatic hydroxyl groups is 1. The summed E-state index contributed by atoms with van der Waals surface area (Å²) in [7, 11) is 0. The smallest absolute Gasteiger partial charge is 0.257 e. The monoisotopic (exact) mass is 273 g/mol. The lowest BCUT2D eigenvalue weighted by molar-refractivity contribution is -0.139. The fraction of sp³-hybridized carbons (Fsp3) is 0.500. The number of fused-ring (bicyclic) bond motifs is 1. The van der Waals surface area contributed by atoms with E-state index in [1.807, 2.05) is 16.3 Å². The van der Waals surface area contributed by atoms with Gasteiger partial charge in [0.15, 0.2) is 5.29 Å². The molecule has 0 aliphatic carbocycles. The van der Waals surface area contributed by atoms with Gasteiger partial charge in [-0.2, -0.15) is 0 Å². The van der Waals surface area contributed by atoms with Gasteiger partial charge in [-0.1, -0.05) is 0 Å². The highest BCUT2D eigenvalue weighted by molar-refractivity contribution is 7.10. The van der Waals surface area contributed by atoms with E-state index in [0.29, 0.717) is 26.3 Å². The quantitative estimate of drug-likeness (QED) is 0.755. The zero-order chi connectivity index (χ0) is 11.9. The van der Waals surface area contributed by atoms with Gasteiger partial charge in [0.05, 0.1) is 23.8 Å². The molecule has 1 unspecified atom stereocenters. The highest BCUT2D eigenvalue weighted by Crippen LogP contribution is 2.40. The minimum atomic E-state index is -1.35. The zero-order valence-electron chi connectivity index (χ0n) is 9.02. The Morgan fingerprint density at radius 3 is 3.06 bits per heavy atom. The van der Waals surface area contributed by atoms with Crippen molar-refractivity contribution in [3.63, 3.8) is 0 Å². The normalized spacial score (nSPS) is 29.4. The average molecular weight is 274 g/mol. The molecule has 1 aromatic heterocycles. The molecule has 2 N–H and O–H groups in total. The van der Waals surface area contributed by atoms with Crippen LogP contribution in [0.3, 0.4) is 0 Å². The Morgan fingerprint density at radius 1 is 1.53 bits per heavy atom. The third-order valence-electron chi connectivity index (χ3n) is 2.91. The number of hydrogen-bond donors (Lipinski definition) is 2. The molecule has 1 aromatic rings. The third-order valence-corrected chi connectivity index (χ3v) is 4.09. The van der Waals surface area contributed by atoms with Crippen molar-refractivity contribution in [1.82, 2.24) is 4.90 Å². The lowest BCUT2D eigenvalue weighted by Crippen LogP contribution is -2.51. The molecule has 3 heterocycles. The summed E-state index contributed by atoms with van der Waals surface area (Å²) in [5, 5.41) is 15.8. The Kier molecular flexibility index (Phi) is 2.84. The molecule has 17 heavy (non-hydrogen) atoms. The summed E-state index contributed by atoms with van der Waals surface area (Å²) in [6, 6.07) is 1.89. The van der Waals surface area contributed by atoms with E-state index in [4.69, 9.17) is 16.3 Å². The van der Waals surface area contributed by atoms with Gasteiger partial charge in [-0.15, -0.1) is 11.3 Å². The van der Waals surface area contributed by atoms with Gasteiger partial charge in [0.2, 0.25) is 0 Å². The second-order valence-electron chi connectivity index (χ2n) is 3.93. The number of amidine groups is 1. The predicted octanol–water partition coefficient (Wildman–Crippen LogP) is 1.20. The second-order valence-corrected chi connectivity index (χ2v) is 5.20. The molecule has 0 aromatic carbocycles. The van der Waals surface area contributed by atoms with E-state index in [0.717, 1.165) is 10.6 Å². The van der Waals surface area contributed by atoms with Crippen LogP contribution in [0.15, 0.2) is 16.4 Å². The van der Waals surface area contributed by atoms with Crippen LogP contribution < -0.4 is 5.32 Å². The number of aliphatic imine (C=N–C) groups is 1. The molecule has 2 aliphatic rings. The van der Waals surface area contributed by atoms with Crippen molar-refractivity contribution in [2.45, 2.75) is 5.85 Å². The largest absolute Gasteiger partial charge is 0.379 e. The van der Waals surface area contributed by atoms with Crippen LogP contribution in [0.2, 0.25) is 0 Å². The summed E-state index contributed by atoms with van der Waals surface area (Å²) in [5.74, 6) is -1.35. The molecule has 2 aliphatic heterocycles. The predicted molar refractivity (Wildman–Crippen MR) is 67.5 cm³/mol. The van der Waals surface area contributed by atoms with Crippen LogP contribution in [0.1, 0.15) is 4.88 Å². The van der Waals surface area contributed by atoms with Crippen molar-refractivity contribution >= 4 is 33.9 Å². The van der Waals surface area contributed by atoms with Gasteiger partial charge >= 0.3 is 0 Å². The molecule has 0 amide bonds. The summed E-state index contributed by atoms with van der Waals surface area (Å²) in [5.41, 5.74) is 0.823. The third kappa shape index (κ3) is 1.86. The van der Waals surface area contributed by atoms with Gasteiger partial charge < -0.3 is 15.2 Å². The first-order valence-corrected chi connectivity index (χ1v) is 6.61. The maximum atomic E-state index is 10.8. The Labute approximate surface area is 108 Å². The Morgan fingerprint density at radius 2 is 2.29 bits per heavy atom. The molecule has 0 bridgehead atoms. The van der Waals surface area contributed by atoms with E-state index in [-0.39, 0.29) is 5.29 Å². The van der Waals surface area contributed by atoms with Crippen molar-refractivity contribution in [3.8, 4) is 0 Å². The first-order chi connectivity index (χ1) is 8.20. The summed E-state index contributed by atoms with van der Waals surface area (Å²) in [6.07, 6.45) is 0. The molecule has 0 spiro atoms. The van der Waals surface area contributed by atoms with Gasteiger partial charge in [0.25, 0.3) is 5.85 Å². The van der Waals surface area contributed by atoms with Crippen LogP contribution >= 0.6 is 22.9 Å². The fourth-order valence-corrected chi connectivity index (χ4v) is 3.22. The van der Waals surface area contributed by atoms with E-state index in [2.05, 4.69) is 10.3 Å². The lowest BCUT2D eigenvalue weighted by atomic mass is 10.2. The standard InChI is InChI=1S/C10H12ClN3O2S/c11-9-12-7-1-6-17-8(7)10(15,13-9)14-2-4-16-5-3-14/h1,6,15H,2-5H2,(H,12,13). The molecule has 5 nitrogen and oxygen atoms in total. The molecule has 1 atom stereocenters. The van der Waals surface area contributed by atoms with Crippen LogP contribution in [-0.2, 0) is 10.6 Å². The summed E-state index contributed by atoms with van der Waals surface area (Å²) < 4.78 is 5.29. The molecular weight excluding hydrogens is 262 g/mol. The van der Waals surface area contributed by atoms with Crippen molar-refractivity contribution in [3.05, 3.63) is 16.3 Å². The van der Waals surface area contributed by atoms with Crippen molar-refractivity contribution in [1.29, 1.82) is 0 Å². The van der Waals surface area contributed by atoms with Gasteiger partial charge in [-0.25, -0.2) is 9.89 Å². The van der Waals surface area contributed by atoms with E-state index in [1.54, 1.807) is 0 Å². The first kappa shape index (κ1) is 11.4. The minimum Gasteiger partial charge on any atom is -0.379 e. The molecule has 92 valence electrons. The minimum absolute atomic E-state index is 0.213. The Hall–Kier alpha value is -0.660. The number of rotatable bonds is 1. The summed E-state index contributed by atoms with van der Waals surface area (Å²) in [4.78, 5) is 6.82. The van der Waals surface area contributed by atoms with Crippen LogP contribution in [0, 0.1) is 0 Å². The average Bonchev–Trinajstić information content (AvgIpc) is 2.79. The molecule has 1 fully saturated rings. The Bertz CT molecular complexity index is 458. The van der Waals surface area contributed by atoms with Gasteiger partial charge in [0.1, 0.15) is 0 Å². The maximum Gasteiger partial charge on any atom is 0.257 e. The highest BCUT2D eigenvalue weighted by Gasteiger charge is 2.42. The van der Waals surface area contributed by atoms with Crippen LogP contribution in [-0.4, -0.2) is 41.6 Å². The summed E-state index contributed by atoms with van der Waals surface area (Å²) >= 11 is 7.40. The number of nitrogens with one attached hydrogen (secondary N) is 1. The molecule has 1 saturated heterocycles. The number of anilines is 1. The molecule has 0 saturated carbocycles. The molecule has 3 rings (SSSR count). The summed E-state index contributed by atoms with van der Waals surface area (Å²) in [6.45, 7) is 2.48. The van der Waals surface area contributed by atoms with Crippen LogP contribution in [0.5, 0.6) is 0 Å². The van der Waals surface area contributed by atoms with Crippen molar-refractivity contribution in [2.24, 2.45) is 4.99 Å². The van der Waals surface area contributed by atoms with Crippen LogP contribution in [0.4, 0.5) is 5.69 Å². The molecular formula is C10H12ClN3O2S. The van der Waals surface area contributed by atoms with Crippen molar-refractivity contribution in [2.75, 3.05) is 31.6 Å². The van der Waals surface area contributed by atoms with Gasteiger partial charge in [0, 0.05) is 13.1 Å². The fourth-order valence-electron chi connectivity index (χ4n) is 2.08. The Balaban J connectivity index is 2.01. The highest BCUT2D eigenvalue weighted by atomic mass is 35.5. The van der Waals surface area contributed by atoms with E-state index in [9.17, 15) is 5.11 Å². The number of nitrogens with zero attached hydrogens (tertiary/aromatic N) is 2. The van der Waals surface area contributed by atoms with Gasteiger partial charge in [-0.3, -0.25) is 0 Å². The topological polar surface area (TPSA) is 57.1 Å². The number of morpholine rings is 1. The second kappa shape index (κ2) is 4.22. The molecule has 7 heteroatoms. The number of ether oxygens (including phenoxy) is 1. The number of halogens is 1. The SMILES string of the molecule is OC1(N2CCOCC2)N=C(Cl)Nc2ccsc21. The van der Waals surface area contributed by atoms with Crippen molar-refractivity contribution < 1.29 is 9.84 Å². The first-order valence-electron chi connectivity index (χ1n) is 5.36. The van der Waals surface area contributed by atoms with Gasteiger partial charge in [-0.05, 0) is 23.0 Å². The van der Waals surface area contributed by atoms with E-state index in [1.165, 1.54) is 11.3 Å². The zero-order valence-corrected chi connectivity index (χ0v) is 10.6. The molecule has 0 radical (unpaired) electrons. The lowest BCUT2D eigenvalue weighted by Gasteiger charge is -2.40. The number of hydrogen-bond acceptors (Lipinski definition) is 6.